The summed E-state index contributed by atoms with van der Waals surface area (Å²) in [5.41, 5.74) is -0.873. The zero-order chi connectivity index (χ0) is 15.7. The standard InChI is InChI=1S/C16H9F3O2S/c17-16(18,19)11-6-2-3-7-12(11)21-15-10-5-1-4-8-13(10)22-14(15)9-20/h1-9H. The van der Waals surface area contributed by atoms with E-state index >= 15 is 0 Å². The highest BCUT2D eigenvalue weighted by Crippen LogP contribution is 2.43. The van der Waals surface area contributed by atoms with Crippen LogP contribution in [0, 0.1) is 0 Å². The van der Waals surface area contributed by atoms with Crippen molar-refractivity contribution in [2.45, 2.75) is 6.18 Å². The molecule has 0 aliphatic heterocycles. The van der Waals surface area contributed by atoms with E-state index in [0.717, 1.165) is 10.8 Å². The Kier molecular flexibility index (Phi) is 3.62. The first-order chi connectivity index (χ1) is 10.5. The van der Waals surface area contributed by atoms with E-state index in [0.29, 0.717) is 11.7 Å². The van der Waals surface area contributed by atoms with Gasteiger partial charge in [0.25, 0.3) is 0 Å². The van der Waals surface area contributed by atoms with E-state index in [2.05, 4.69) is 0 Å². The van der Waals surface area contributed by atoms with Crippen molar-refractivity contribution in [1.82, 2.24) is 0 Å². The summed E-state index contributed by atoms with van der Waals surface area (Å²) in [6.07, 6.45) is -3.93. The molecule has 1 aromatic heterocycles. The lowest BCUT2D eigenvalue weighted by Crippen LogP contribution is -2.06. The summed E-state index contributed by atoms with van der Waals surface area (Å²) >= 11 is 1.18. The van der Waals surface area contributed by atoms with Crippen molar-refractivity contribution in [2.75, 3.05) is 0 Å². The van der Waals surface area contributed by atoms with Crippen molar-refractivity contribution >= 4 is 27.7 Å². The van der Waals surface area contributed by atoms with Crippen molar-refractivity contribution < 1.29 is 22.7 Å². The zero-order valence-electron chi connectivity index (χ0n) is 11.1. The number of benzene rings is 2. The Morgan fingerprint density at radius 1 is 1.00 bits per heavy atom. The van der Waals surface area contributed by atoms with E-state index in [-0.39, 0.29) is 16.4 Å². The Bertz CT molecular complexity index is 837. The Morgan fingerprint density at radius 2 is 1.68 bits per heavy atom. The minimum Gasteiger partial charge on any atom is -0.454 e. The molecular formula is C16H9F3O2S. The number of alkyl halides is 3. The minimum absolute atomic E-state index is 0.160. The molecule has 22 heavy (non-hydrogen) atoms. The van der Waals surface area contributed by atoms with Gasteiger partial charge in [0.1, 0.15) is 10.6 Å². The molecule has 0 radical (unpaired) electrons. The second-order valence-electron chi connectivity index (χ2n) is 4.51. The number of carbonyl (C=O) groups excluding carboxylic acids is 1. The number of hydrogen-bond acceptors (Lipinski definition) is 3. The number of halogens is 3. The quantitative estimate of drug-likeness (QED) is 0.593. The highest BCUT2D eigenvalue weighted by molar-refractivity contribution is 7.21. The van der Waals surface area contributed by atoms with Gasteiger partial charge in [-0.05, 0) is 24.3 Å². The molecule has 0 aliphatic carbocycles. The molecule has 1 heterocycles. The van der Waals surface area contributed by atoms with E-state index in [1.54, 1.807) is 24.3 Å². The van der Waals surface area contributed by atoms with Gasteiger partial charge in [-0.2, -0.15) is 13.2 Å². The topological polar surface area (TPSA) is 26.3 Å². The number of rotatable bonds is 3. The Hall–Kier alpha value is -2.34. The maximum absolute atomic E-state index is 13.0. The van der Waals surface area contributed by atoms with Crippen molar-refractivity contribution in [3.63, 3.8) is 0 Å². The average Bonchev–Trinajstić information content (AvgIpc) is 2.85. The number of hydrogen-bond donors (Lipinski definition) is 0. The van der Waals surface area contributed by atoms with Gasteiger partial charge in [-0.25, -0.2) is 0 Å². The summed E-state index contributed by atoms with van der Waals surface area (Å²) in [5, 5.41) is 0.617. The Balaban J connectivity index is 2.13. The van der Waals surface area contributed by atoms with Gasteiger partial charge in [-0.1, -0.05) is 24.3 Å². The molecular weight excluding hydrogens is 313 g/mol. The van der Waals surface area contributed by atoms with Gasteiger partial charge in [-0.3, -0.25) is 4.79 Å². The largest absolute Gasteiger partial charge is 0.454 e. The predicted molar refractivity (Wildman–Crippen MR) is 78.7 cm³/mol. The molecule has 0 saturated heterocycles. The van der Waals surface area contributed by atoms with Gasteiger partial charge in [0.05, 0.1) is 5.56 Å². The molecule has 2 nitrogen and oxygen atoms in total. The first kappa shape index (κ1) is 14.6. The lowest BCUT2D eigenvalue weighted by molar-refractivity contribution is -0.138. The van der Waals surface area contributed by atoms with Crippen LogP contribution < -0.4 is 4.74 Å². The molecule has 0 atom stereocenters. The van der Waals surface area contributed by atoms with E-state index in [1.165, 1.54) is 29.5 Å². The lowest BCUT2D eigenvalue weighted by Gasteiger charge is -2.13. The van der Waals surface area contributed by atoms with Crippen LogP contribution in [-0.2, 0) is 6.18 Å². The maximum Gasteiger partial charge on any atom is 0.419 e. The minimum atomic E-state index is -4.52. The summed E-state index contributed by atoms with van der Waals surface area (Å²) in [5.74, 6) is -0.158. The van der Waals surface area contributed by atoms with Crippen LogP contribution in [-0.4, -0.2) is 6.29 Å². The number of ether oxygens (including phenoxy) is 1. The average molecular weight is 322 g/mol. The van der Waals surface area contributed by atoms with Crippen LogP contribution in [0.2, 0.25) is 0 Å². The molecule has 2 aromatic carbocycles. The summed E-state index contributed by atoms with van der Waals surface area (Å²) in [6, 6.07) is 12.0. The van der Waals surface area contributed by atoms with Gasteiger partial charge in [0, 0.05) is 10.1 Å². The van der Waals surface area contributed by atoms with Crippen LogP contribution >= 0.6 is 11.3 Å². The van der Waals surface area contributed by atoms with Gasteiger partial charge >= 0.3 is 6.18 Å². The number of carbonyl (C=O) groups is 1. The third-order valence-electron chi connectivity index (χ3n) is 3.09. The molecule has 0 unspecified atom stereocenters. The van der Waals surface area contributed by atoms with Crippen LogP contribution in [0.5, 0.6) is 11.5 Å². The van der Waals surface area contributed by atoms with E-state index in [9.17, 15) is 18.0 Å². The summed E-state index contributed by atoms with van der Waals surface area (Å²) in [7, 11) is 0. The third kappa shape index (κ3) is 2.57. The molecule has 0 N–H and O–H groups in total. The predicted octanol–water partition coefficient (Wildman–Crippen LogP) is 5.52. The summed E-state index contributed by atoms with van der Waals surface area (Å²) in [6.45, 7) is 0. The Labute approximate surface area is 127 Å². The smallest absolute Gasteiger partial charge is 0.419 e. The van der Waals surface area contributed by atoms with Gasteiger partial charge in [0.15, 0.2) is 12.0 Å². The summed E-state index contributed by atoms with van der Waals surface area (Å²) < 4.78 is 45.3. The van der Waals surface area contributed by atoms with E-state index < -0.39 is 11.7 Å². The normalized spacial score (nSPS) is 11.6. The molecule has 0 spiro atoms. The fourth-order valence-corrected chi connectivity index (χ4v) is 3.07. The molecule has 0 amide bonds. The SMILES string of the molecule is O=Cc1sc2ccccc2c1Oc1ccccc1C(F)(F)F. The van der Waals surface area contributed by atoms with E-state index in [4.69, 9.17) is 4.74 Å². The van der Waals surface area contributed by atoms with Crippen LogP contribution in [0.1, 0.15) is 15.2 Å². The number of thiophene rings is 1. The second-order valence-corrected chi connectivity index (χ2v) is 5.59. The first-order valence-electron chi connectivity index (χ1n) is 6.31. The molecule has 0 aliphatic rings. The number of para-hydroxylation sites is 1. The van der Waals surface area contributed by atoms with Crippen LogP contribution in [0.25, 0.3) is 10.1 Å². The van der Waals surface area contributed by atoms with E-state index in [1.807, 2.05) is 0 Å². The molecule has 6 heteroatoms. The molecule has 0 fully saturated rings. The molecule has 112 valence electrons. The number of aldehydes is 1. The molecule has 0 bridgehead atoms. The van der Waals surface area contributed by atoms with Crippen molar-refractivity contribution in [2.24, 2.45) is 0 Å². The second kappa shape index (κ2) is 5.46. The molecule has 3 rings (SSSR count). The van der Waals surface area contributed by atoms with Crippen LogP contribution in [0.15, 0.2) is 48.5 Å². The first-order valence-corrected chi connectivity index (χ1v) is 7.13. The van der Waals surface area contributed by atoms with Crippen molar-refractivity contribution in [3.05, 3.63) is 59.0 Å². The highest BCUT2D eigenvalue weighted by Gasteiger charge is 2.34. The number of fused-ring (bicyclic) bond motifs is 1. The van der Waals surface area contributed by atoms with Crippen molar-refractivity contribution in [3.8, 4) is 11.5 Å². The Morgan fingerprint density at radius 3 is 2.41 bits per heavy atom. The monoisotopic (exact) mass is 322 g/mol. The molecule has 3 aromatic rings. The zero-order valence-corrected chi connectivity index (χ0v) is 11.9. The summed E-state index contributed by atoms with van der Waals surface area (Å²) in [4.78, 5) is 11.4. The van der Waals surface area contributed by atoms with Crippen molar-refractivity contribution in [1.29, 1.82) is 0 Å². The van der Waals surface area contributed by atoms with Gasteiger partial charge in [0.2, 0.25) is 0 Å². The fourth-order valence-electron chi connectivity index (χ4n) is 2.12. The molecule has 0 saturated carbocycles. The third-order valence-corrected chi connectivity index (χ3v) is 4.16. The van der Waals surface area contributed by atoms with Gasteiger partial charge in [-0.15, -0.1) is 11.3 Å². The lowest BCUT2D eigenvalue weighted by atomic mass is 10.2. The van der Waals surface area contributed by atoms with Crippen LogP contribution in [0.3, 0.4) is 0 Å². The fraction of sp³-hybridized carbons (Fsp3) is 0.0625. The van der Waals surface area contributed by atoms with Crippen LogP contribution in [0.4, 0.5) is 13.2 Å². The maximum atomic E-state index is 13.0. The highest BCUT2D eigenvalue weighted by atomic mass is 32.1. The van der Waals surface area contributed by atoms with Gasteiger partial charge < -0.3 is 4.74 Å².